The lowest BCUT2D eigenvalue weighted by molar-refractivity contribution is 0.842. The molecule has 0 atom stereocenters. The monoisotopic (exact) mass is 113 g/mol. The first kappa shape index (κ1) is 7.14. The van der Waals surface area contributed by atoms with Crippen molar-refractivity contribution in [3.63, 3.8) is 0 Å². The van der Waals surface area contributed by atoms with Crippen LogP contribution in [0.3, 0.4) is 0 Å². The Hall–Kier alpha value is -0.860. The molecule has 0 unspecified atom stereocenters. The lowest BCUT2D eigenvalue weighted by Crippen LogP contribution is -2.11. The fourth-order valence-corrected chi connectivity index (χ4v) is 0.229. The van der Waals surface area contributed by atoms with Gasteiger partial charge < -0.3 is 5.73 Å². The first-order valence-electron chi connectivity index (χ1n) is 2.50. The van der Waals surface area contributed by atoms with Crippen molar-refractivity contribution in [2.45, 2.75) is 19.9 Å². The van der Waals surface area contributed by atoms with Crippen molar-refractivity contribution in [3.05, 3.63) is 0 Å². The molecular weight excluding hydrogens is 102 g/mol. The fraction of sp³-hybridized carbons (Fsp3) is 0.600. The van der Waals surface area contributed by atoms with Gasteiger partial charge in [0.15, 0.2) is 0 Å². The topological polar surface area (TPSA) is 62.2 Å². The molecule has 0 aromatic heterocycles. The molecule has 0 bridgehead atoms. The average Bonchev–Trinajstić information content (AvgIpc) is 1.61. The quantitative estimate of drug-likeness (QED) is 0.395. The maximum atomic E-state index is 6.72. The predicted octanol–water partition coefficient (Wildman–Crippen LogP) is 0.402. The molecule has 0 amide bonds. The van der Waals surface area contributed by atoms with Gasteiger partial charge in [-0.3, -0.25) is 10.4 Å². The Morgan fingerprint density at radius 1 is 1.75 bits per heavy atom. The van der Waals surface area contributed by atoms with Gasteiger partial charge in [-0.25, -0.2) is 0 Å². The van der Waals surface area contributed by atoms with E-state index in [4.69, 9.17) is 11.1 Å². The van der Waals surface area contributed by atoms with Gasteiger partial charge in [0.2, 0.25) is 0 Å². The number of nitrogens with two attached hydrogens (primary N) is 1. The number of hydrogen-bond donors (Lipinski definition) is 2. The largest absolute Gasteiger partial charge is 0.383 e. The van der Waals surface area contributed by atoms with Gasteiger partial charge in [-0.1, -0.05) is 0 Å². The number of hydrogen-bond acceptors (Lipinski definition) is 2. The van der Waals surface area contributed by atoms with Crippen LogP contribution in [0.5, 0.6) is 0 Å². The summed E-state index contributed by atoms with van der Waals surface area (Å²) in [6, 6.07) is 0.235. The van der Waals surface area contributed by atoms with Gasteiger partial charge in [0.05, 0.1) is 6.21 Å². The van der Waals surface area contributed by atoms with Crippen LogP contribution in [0.15, 0.2) is 4.99 Å². The SMILES string of the molecule is CC(C)/N=C\C(=N)N. The molecule has 0 rings (SSSR count). The molecule has 0 saturated heterocycles. The summed E-state index contributed by atoms with van der Waals surface area (Å²) in [5.41, 5.74) is 4.97. The predicted molar refractivity (Wildman–Crippen MR) is 35.5 cm³/mol. The Kier molecular flexibility index (Phi) is 2.84. The fourth-order valence-electron chi connectivity index (χ4n) is 0.229. The summed E-state index contributed by atoms with van der Waals surface area (Å²) in [6.07, 6.45) is 1.35. The van der Waals surface area contributed by atoms with E-state index in [9.17, 15) is 0 Å². The average molecular weight is 113 g/mol. The first-order chi connectivity index (χ1) is 3.63. The molecule has 8 heavy (non-hydrogen) atoms. The normalized spacial score (nSPS) is 10.9. The Morgan fingerprint density at radius 3 is 2.38 bits per heavy atom. The van der Waals surface area contributed by atoms with Crippen LogP contribution >= 0.6 is 0 Å². The number of rotatable bonds is 2. The van der Waals surface area contributed by atoms with E-state index in [1.165, 1.54) is 6.21 Å². The first-order valence-corrected chi connectivity index (χ1v) is 2.50. The third-order valence-electron chi connectivity index (χ3n) is 0.512. The molecule has 0 aliphatic carbocycles. The number of aliphatic imine (C=N–C) groups is 1. The molecule has 0 radical (unpaired) electrons. The highest BCUT2D eigenvalue weighted by Gasteiger charge is 1.82. The minimum Gasteiger partial charge on any atom is -0.383 e. The highest BCUT2D eigenvalue weighted by atomic mass is 14.8. The summed E-state index contributed by atoms with van der Waals surface area (Å²) in [5, 5.41) is 6.72. The van der Waals surface area contributed by atoms with Crippen LogP contribution < -0.4 is 5.73 Å². The van der Waals surface area contributed by atoms with Crippen molar-refractivity contribution in [1.29, 1.82) is 5.41 Å². The number of nitrogens with one attached hydrogen (secondary N) is 1. The van der Waals surface area contributed by atoms with Crippen LogP contribution in [0, 0.1) is 5.41 Å². The molecule has 3 N–H and O–H groups in total. The second-order valence-electron chi connectivity index (χ2n) is 1.83. The van der Waals surface area contributed by atoms with E-state index in [0.717, 1.165) is 0 Å². The second-order valence-corrected chi connectivity index (χ2v) is 1.83. The van der Waals surface area contributed by atoms with Crippen LogP contribution in [0.2, 0.25) is 0 Å². The summed E-state index contributed by atoms with van der Waals surface area (Å²) in [4.78, 5) is 3.85. The van der Waals surface area contributed by atoms with Crippen LogP contribution in [-0.2, 0) is 0 Å². The van der Waals surface area contributed by atoms with Crippen LogP contribution in [-0.4, -0.2) is 18.1 Å². The van der Waals surface area contributed by atoms with E-state index in [0.29, 0.717) is 0 Å². The maximum Gasteiger partial charge on any atom is 0.133 e. The molecule has 0 aromatic carbocycles. The van der Waals surface area contributed by atoms with Gasteiger partial charge in [0.25, 0.3) is 0 Å². The smallest absolute Gasteiger partial charge is 0.133 e. The molecule has 0 aromatic rings. The van der Waals surface area contributed by atoms with Gasteiger partial charge in [-0.15, -0.1) is 0 Å². The Balaban J connectivity index is 3.50. The second kappa shape index (κ2) is 3.18. The minimum atomic E-state index is 0.0127. The highest BCUT2D eigenvalue weighted by molar-refractivity contribution is 6.27. The molecular formula is C5H11N3. The Labute approximate surface area is 49.1 Å². The maximum absolute atomic E-state index is 6.72. The van der Waals surface area contributed by atoms with Crippen LogP contribution in [0.1, 0.15) is 13.8 Å². The van der Waals surface area contributed by atoms with Gasteiger partial charge in [0.1, 0.15) is 5.84 Å². The molecule has 0 saturated carbocycles. The zero-order valence-electron chi connectivity index (χ0n) is 5.18. The third kappa shape index (κ3) is 5.14. The molecule has 46 valence electrons. The van der Waals surface area contributed by atoms with E-state index < -0.39 is 0 Å². The summed E-state index contributed by atoms with van der Waals surface area (Å²) in [6.45, 7) is 3.86. The molecule has 0 spiro atoms. The van der Waals surface area contributed by atoms with Crippen LogP contribution in [0.25, 0.3) is 0 Å². The summed E-state index contributed by atoms with van der Waals surface area (Å²) >= 11 is 0. The lowest BCUT2D eigenvalue weighted by atomic mass is 10.4. The summed E-state index contributed by atoms with van der Waals surface area (Å²) in [7, 11) is 0. The molecule has 0 aliphatic rings. The van der Waals surface area contributed by atoms with E-state index in [1.807, 2.05) is 13.8 Å². The van der Waals surface area contributed by atoms with Gasteiger partial charge in [-0.2, -0.15) is 0 Å². The van der Waals surface area contributed by atoms with E-state index >= 15 is 0 Å². The van der Waals surface area contributed by atoms with Crippen molar-refractivity contribution in [2.24, 2.45) is 10.7 Å². The van der Waals surface area contributed by atoms with Crippen molar-refractivity contribution < 1.29 is 0 Å². The lowest BCUT2D eigenvalue weighted by Gasteiger charge is -1.91. The van der Waals surface area contributed by atoms with E-state index in [1.54, 1.807) is 0 Å². The van der Waals surface area contributed by atoms with Crippen LogP contribution in [0.4, 0.5) is 0 Å². The Morgan fingerprint density at radius 2 is 2.25 bits per heavy atom. The zero-order chi connectivity index (χ0) is 6.57. The van der Waals surface area contributed by atoms with Gasteiger partial charge in [-0.05, 0) is 13.8 Å². The molecule has 0 heterocycles. The highest BCUT2D eigenvalue weighted by Crippen LogP contribution is 1.80. The van der Waals surface area contributed by atoms with Crippen molar-refractivity contribution in [2.75, 3.05) is 0 Å². The van der Waals surface area contributed by atoms with Gasteiger partial charge >= 0.3 is 0 Å². The van der Waals surface area contributed by atoms with E-state index in [-0.39, 0.29) is 11.9 Å². The van der Waals surface area contributed by atoms with Gasteiger partial charge in [0, 0.05) is 6.04 Å². The third-order valence-corrected chi connectivity index (χ3v) is 0.512. The number of nitrogens with zero attached hydrogens (tertiary/aromatic N) is 1. The van der Waals surface area contributed by atoms with Crippen molar-refractivity contribution >= 4 is 12.1 Å². The van der Waals surface area contributed by atoms with E-state index in [2.05, 4.69) is 4.99 Å². The van der Waals surface area contributed by atoms with Crippen molar-refractivity contribution in [1.82, 2.24) is 0 Å². The zero-order valence-corrected chi connectivity index (χ0v) is 5.18. The molecule has 0 fully saturated rings. The molecule has 3 nitrogen and oxygen atoms in total. The summed E-state index contributed by atoms with van der Waals surface area (Å²) < 4.78 is 0. The molecule has 0 aliphatic heterocycles. The Bertz CT molecular complexity index is 104. The van der Waals surface area contributed by atoms with Crippen molar-refractivity contribution in [3.8, 4) is 0 Å². The molecule has 3 heteroatoms. The summed E-state index contributed by atoms with van der Waals surface area (Å²) in [5.74, 6) is 0.0127. The standard InChI is InChI=1S/C5H11N3/c1-4(2)8-3-5(6)7/h3-4H,1-2H3,(H3,6,7)/b8-3-. The number of amidine groups is 1. The minimum absolute atomic E-state index is 0.0127.